The minimum atomic E-state index is -3.82. The van der Waals surface area contributed by atoms with Crippen LogP contribution in [0.1, 0.15) is 17.3 Å². The maximum absolute atomic E-state index is 12.2. The zero-order valence-corrected chi connectivity index (χ0v) is 17.6. The van der Waals surface area contributed by atoms with Gasteiger partial charge in [-0.05, 0) is 61.5 Å². The molecule has 0 spiro atoms. The van der Waals surface area contributed by atoms with Gasteiger partial charge in [0.05, 0.1) is 23.7 Å². The average molecular weight is 442 g/mol. The SMILES string of the molecule is CCOc1ccc(-c2ccc(=O)n(CCNC(=O)c3ccc(S(N)(=O)=O)cc3)n2)cc1. The van der Waals surface area contributed by atoms with E-state index in [0.717, 1.165) is 11.3 Å². The molecule has 0 radical (unpaired) electrons. The Morgan fingerprint density at radius 3 is 2.35 bits per heavy atom. The van der Waals surface area contributed by atoms with E-state index in [9.17, 15) is 18.0 Å². The molecule has 0 saturated carbocycles. The monoisotopic (exact) mass is 442 g/mol. The number of nitrogens with one attached hydrogen (secondary N) is 1. The van der Waals surface area contributed by atoms with Gasteiger partial charge in [0.2, 0.25) is 10.0 Å². The molecule has 0 aliphatic carbocycles. The quantitative estimate of drug-likeness (QED) is 0.541. The summed E-state index contributed by atoms with van der Waals surface area (Å²) in [7, 11) is -3.82. The number of hydrogen-bond donors (Lipinski definition) is 2. The van der Waals surface area contributed by atoms with Crippen molar-refractivity contribution >= 4 is 15.9 Å². The van der Waals surface area contributed by atoms with Crippen molar-refractivity contribution in [3.63, 3.8) is 0 Å². The van der Waals surface area contributed by atoms with E-state index in [1.807, 2.05) is 31.2 Å². The number of rotatable bonds is 8. The van der Waals surface area contributed by atoms with Gasteiger partial charge in [-0.2, -0.15) is 5.10 Å². The van der Waals surface area contributed by atoms with Crippen LogP contribution in [0, 0.1) is 0 Å². The van der Waals surface area contributed by atoms with Crippen molar-refractivity contribution in [2.24, 2.45) is 5.14 Å². The molecule has 3 aromatic rings. The van der Waals surface area contributed by atoms with E-state index in [4.69, 9.17) is 9.88 Å². The van der Waals surface area contributed by atoms with Crippen molar-refractivity contribution in [2.75, 3.05) is 13.2 Å². The number of benzene rings is 2. The highest BCUT2D eigenvalue weighted by Gasteiger charge is 2.10. The maximum Gasteiger partial charge on any atom is 0.266 e. The number of aromatic nitrogens is 2. The van der Waals surface area contributed by atoms with Crippen molar-refractivity contribution in [3.8, 4) is 17.0 Å². The number of carbonyl (C=O) groups excluding carboxylic acids is 1. The lowest BCUT2D eigenvalue weighted by molar-refractivity contribution is 0.0951. The summed E-state index contributed by atoms with van der Waals surface area (Å²) in [5.41, 5.74) is 1.43. The van der Waals surface area contributed by atoms with Crippen molar-refractivity contribution in [1.29, 1.82) is 0 Å². The normalized spacial score (nSPS) is 11.2. The van der Waals surface area contributed by atoms with E-state index in [-0.39, 0.29) is 29.1 Å². The summed E-state index contributed by atoms with van der Waals surface area (Å²) in [6.45, 7) is 2.81. The zero-order valence-electron chi connectivity index (χ0n) is 16.8. The first-order chi connectivity index (χ1) is 14.8. The van der Waals surface area contributed by atoms with Crippen molar-refractivity contribution in [3.05, 3.63) is 76.6 Å². The van der Waals surface area contributed by atoms with E-state index in [0.29, 0.717) is 12.3 Å². The molecular weight excluding hydrogens is 420 g/mol. The summed E-state index contributed by atoms with van der Waals surface area (Å²) in [4.78, 5) is 24.3. The van der Waals surface area contributed by atoms with Crippen LogP contribution in [0.25, 0.3) is 11.3 Å². The van der Waals surface area contributed by atoms with Gasteiger partial charge in [0.15, 0.2) is 0 Å². The second-order valence-corrected chi connectivity index (χ2v) is 8.12. The van der Waals surface area contributed by atoms with Gasteiger partial charge < -0.3 is 10.1 Å². The Balaban J connectivity index is 1.64. The molecule has 1 heterocycles. The van der Waals surface area contributed by atoms with Crippen LogP contribution in [0.2, 0.25) is 0 Å². The van der Waals surface area contributed by atoms with Crippen LogP contribution in [0.4, 0.5) is 0 Å². The smallest absolute Gasteiger partial charge is 0.266 e. The van der Waals surface area contributed by atoms with Crippen LogP contribution in [-0.4, -0.2) is 37.3 Å². The second kappa shape index (κ2) is 9.54. The molecule has 9 nitrogen and oxygen atoms in total. The lowest BCUT2D eigenvalue weighted by Gasteiger charge is -2.09. The first-order valence-corrected chi connectivity index (χ1v) is 11.0. The van der Waals surface area contributed by atoms with E-state index < -0.39 is 15.9 Å². The Morgan fingerprint density at radius 2 is 1.74 bits per heavy atom. The molecular formula is C21H22N4O5S. The molecule has 0 unspecified atom stereocenters. The van der Waals surface area contributed by atoms with E-state index in [1.165, 1.54) is 35.0 Å². The fraction of sp³-hybridized carbons (Fsp3) is 0.190. The molecule has 0 aliphatic rings. The molecule has 0 fully saturated rings. The lowest BCUT2D eigenvalue weighted by Crippen LogP contribution is -2.32. The summed E-state index contributed by atoms with van der Waals surface area (Å²) in [5, 5.41) is 12.1. The maximum atomic E-state index is 12.2. The molecule has 0 saturated heterocycles. The van der Waals surface area contributed by atoms with Gasteiger partial charge in [-0.1, -0.05) is 0 Å². The van der Waals surface area contributed by atoms with Crippen molar-refractivity contribution in [2.45, 2.75) is 18.4 Å². The minimum Gasteiger partial charge on any atom is -0.494 e. The highest BCUT2D eigenvalue weighted by atomic mass is 32.2. The number of nitrogens with zero attached hydrogens (tertiary/aromatic N) is 2. The molecule has 0 atom stereocenters. The topological polar surface area (TPSA) is 133 Å². The third-order valence-electron chi connectivity index (χ3n) is 4.38. The predicted molar refractivity (Wildman–Crippen MR) is 115 cm³/mol. The molecule has 0 aliphatic heterocycles. The van der Waals surface area contributed by atoms with E-state index in [2.05, 4.69) is 10.4 Å². The Labute approximate surface area is 179 Å². The highest BCUT2D eigenvalue weighted by molar-refractivity contribution is 7.89. The Morgan fingerprint density at radius 1 is 1.06 bits per heavy atom. The molecule has 3 N–H and O–H groups in total. The number of ether oxygens (including phenoxy) is 1. The molecule has 10 heteroatoms. The Kier molecular flexibility index (Phi) is 6.83. The summed E-state index contributed by atoms with van der Waals surface area (Å²) in [6, 6.07) is 15.7. The summed E-state index contributed by atoms with van der Waals surface area (Å²) in [6.07, 6.45) is 0. The van der Waals surface area contributed by atoms with Crippen molar-refractivity contribution in [1.82, 2.24) is 15.1 Å². The summed E-state index contributed by atoms with van der Waals surface area (Å²) < 4.78 is 29.3. The molecule has 1 amide bonds. The summed E-state index contributed by atoms with van der Waals surface area (Å²) in [5.74, 6) is 0.344. The van der Waals surface area contributed by atoms with Crippen LogP contribution in [0.3, 0.4) is 0 Å². The third kappa shape index (κ3) is 5.77. The molecule has 162 valence electrons. The predicted octanol–water partition coefficient (Wildman–Crippen LogP) is 1.39. The van der Waals surface area contributed by atoms with Gasteiger partial charge in [-0.15, -0.1) is 0 Å². The van der Waals surface area contributed by atoms with Gasteiger partial charge in [-0.25, -0.2) is 18.2 Å². The van der Waals surface area contributed by atoms with Crippen LogP contribution in [0.5, 0.6) is 5.75 Å². The molecule has 3 rings (SSSR count). The first-order valence-electron chi connectivity index (χ1n) is 9.50. The first kappa shape index (κ1) is 22.2. The van der Waals surface area contributed by atoms with Crippen LogP contribution in [0.15, 0.2) is 70.4 Å². The fourth-order valence-electron chi connectivity index (χ4n) is 2.83. The second-order valence-electron chi connectivity index (χ2n) is 6.56. The number of hydrogen-bond acceptors (Lipinski definition) is 6. The zero-order chi connectivity index (χ0) is 22.4. The number of sulfonamides is 1. The van der Waals surface area contributed by atoms with Crippen LogP contribution in [-0.2, 0) is 16.6 Å². The number of carbonyl (C=O) groups is 1. The van der Waals surface area contributed by atoms with Gasteiger partial charge >= 0.3 is 0 Å². The summed E-state index contributed by atoms with van der Waals surface area (Å²) >= 11 is 0. The van der Waals surface area contributed by atoms with Gasteiger partial charge in [-0.3, -0.25) is 9.59 Å². The van der Waals surface area contributed by atoms with Crippen molar-refractivity contribution < 1.29 is 17.9 Å². The van der Waals surface area contributed by atoms with E-state index in [1.54, 1.807) is 6.07 Å². The number of primary sulfonamides is 1. The Bertz CT molecular complexity index is 1220. The van der Waals surface area contributed by atoms with Gasteiger partial charge in [0.25, 0.3) is 11.5 Å². The largest absolute Gasteiger partial charge is 0.494 e. The van der Waals surface area contributed by atoms with E-state index >= 15 is 0 Å². The molecule has 0 bridgehead atoms. The van der Waals surface area contributed by atoms with Gasteiger partial charge in [0, 0.05) is 23.7 Å². The minimum absolute atomic E-state index is 0.0779. The molecule has 31 heavy (non-hydrogen) atoms. The third-order valence-corrected chi connectivity index (χ3v) is 5.31. The highest BCUT2D eigenvalue weighted by Crippen LogP contribution is 2.19. The number of amides is 1. The standard InChI is InChI=1S/C21H22N4O5S/c1-2-30-17-7-3-15(4-8-17)19-11-12-20(26)25(24-19)14-13-23-21(27)16-5-9-18(10-6-16)31(22,28)29/h3-12H,2,13-14H2,1H3,(H,23,27)(H2,22,28,29). The number of nitrogens with two attached hydrogens (primary N) is 1. The van der Waals surface area contributed by atoms with Gasteiger partial charge in [0.1, 0.15) is 5.75 Å². The van der Waals surface area contributed by atoms with Crippen LogP contribution < -0.4 is 20.8 Å². The lowest BCUT2D eigenvalue weighted by atomic mass is 10.1. The van der Waals surface area contributed by atoms with Crippen LogP contribution >= 0.6 is 0 Å². The fourth-order valence-corrected chi connectivity index (χ4v) is 3.34. The molecule has 2 aromatic carbocycles. The average Bonchev–Trinajstić information content (AvgIpc) is 2.75. The molecule has 1 aromatic heterocycles. The Hall–Kier alpha value is -3.50.